The molecule has 0 amide bonds. The van der Waals surface area contributed by atoms with Crippen LogP contribution in [-0.2, 0) is 5.41 Å². The van der Waals surface area contributed by atoms with Gasteiger partial charge in [-0.2, -0.15) is 0 Å². The van der Waals surface area contributed by atoms with Crippen molar-refractivity contribution >= 4 is 10.8 Å². The molecule has 0 fully saturated rings. The molecule has 0 saturated carbocycles. The summed E-state index contributed by atoms with van der Waals surface area (Å²) in [5.41, 5.74) is 11.8. The molecule has 6 rings (SSSR count). The first-order chi connectivity index (χ1) is 15.6. The Balaban J connectivity index is 1.91. The van der Waals surface area contributed by atoms with Crippen molar-refractivity contribution in [3.63, 3.8) is 0 Å². The number of fused-ring (bicyclic) bond motifs is 5. The van der Waals surface area contributed by atoms with Gasteiger partial charge in [-0.3, -0.25) is 0 Å². The van der Waals surface area contributed by atoms with E-state index in [1.807, 2.05) is 0 Å². The van der Waals surface area contributed by atoms with Gasteiger partial charge in [0.05, 0.1) is 5.41 Å². The van der Waals surface area contributed by atoms with Crippen molar-refractivity contribution in [3.05, 3.63) is 142 Å². The molecule has 0 heteroatoms. The van der Waals surface area contributed by atoms with Crippen LogP contribution in [0.5, 0.6) is 0 Å². The summed E-state index contributed by atoms with van der Waals surface area (Å²) < 4.78 is 0. The molecule has 0 bridgehead atoms. The maximum Gasteiger partial charge on any atom is 0.0724 e. The molecule has 5 aromatic rings. The first kappa shape index (κ1) is 19.1. The van der Waals surface area contributed by atoms with Crippen LogP contribution in [0.4, 0.5) is 0 Å². The van der Waals surface area contributed by atoms with Crippen LogP contribution in [0.2, 0.25) is 0 Å². The largest absolute Gasteiger partial charge is 0.0724 e. The smallest absolute Gasteiger partial charge is 0.0620 e. The predicted molar refractivity (Wildman–Crippen MR) is 135 cm³/mol. The SMILES string of the molecule is Cc1ccc2c3c(ccc2c1)-c1ccccc1C3(c1ccccc1C)c1ccccc1C. The number of aryl methyl sites for hydroxylation is 3. The van der Waals surface area contributed by atoms with Crippen LogP contribution in [-0.4, -0.2) is 0 Å². The Morgan fingerprint density at radius 1 is 0.500 bits per heavy atom. The Morgan fingerprint density at radius 2 is 1.09 bits per heavy atom. The quantitative estimate of drug-likeness (QED) is 0.270. The fourth-order valence-corrected chi connectivity index (χ4v) is 5.95. The van der Waals surface area contributed by atoms with Crippen LogP contribution >= 0.6 is 0 Å². The monoisotopic (exact) mass is 410 g/mol. The summed E-state index contributed by atoms with van der Waals surface area (Å²) in [6.45, 7) is 6.69. The summed E-state index contributed by atoms with van der Waals surface area (Å²) in [6.07, 6.45) is 0. The summed E-state index contributed by atoms with van der Waals surface area (Å²) in [4.78, 5) is 0. The zero-order valence-corrected chi connectivity index (χ0v) is 18.8. The third kappa shape index (κ3) is 2.44. The van der Waals surface area contributed by atoms with E-state index >= 15 is 0 Å². The van der Waals surface area contributed by atoms with Gasteiger partial charge in [-0.1, -0.05) is 109 Å². The van der Waals surface area contributed by atoms with Crippen molar-refractivity contribution in [2.24, 2.45) is 0 Å². The zero-order valence-electron chi connectivity index (χ0n) is 18.8. The van der Waals surface area contributed by atoms with E-state index in [1.54, 1.807) is 0 Å². The highest BCUT2D eigenvalue weighted by atomic mass is 14.5. The van der Waals surface area contributed by atoms with Gasteiger partial charge in [0.1, 0.15) is 0 Å². The summed E-state index contributed by atoms with van der Waals surface area (Å²) >= 11 is 0. The average Bonchev–Trinajstić information content (AvgIpc) is 3.11. The van der Waals surface area contributed by atoms with Crippen molar-refractivity contribution < 1.29 is 0 Å². The van der Waals surface area contributed by atoms with Crippen LogP contribution < -0.4 is 0 Å². The lowest BCUT2D eigenvalue weighted by atomic mass is 9.64. The Labute approximate surface area is 190 Å². The normalized spacial score (nSPS) is 13.7. The molecule has 0 unspecified atom stereocenters. The first-order valence-electron chi connectivity index (χ1n) is 11.4. The highest BCUT2D eigenvalue weighted by Crippen LogP contribution is 2.59. The molecule has 0 aromatic heterocycles. The van der Waals surface area contributed by atoms with Crippen molar-refractivity contribution in [3.8, 4) is 11.1 Å². The van der Waals surface area contributed by atoms with E-state index in [1.165, 1.54) is 60.8 Å². The molecule has 0 N–H and O–H groups in total. The summed E-state index contributed by atoms with van der Waals surface area (Å²) in [7, 11) is 0. The van der Waals surface area contributed by atoms with Crippen LogP contribution in [0.3, 0.4) is 0 Å². The van der Waals surface area contributed by atoms with E-state index in [2.05, 4.69) is 124 Å². The molecule has 1 aliphatic carbocycles. The first-order valence-corrected chi connectivity index (χ1v) is 11.4. The maximum absolute atomic E-state index is 2.34. The number of hydrogen-bond donors (Lipinski definition) is 0. The van der Waals surface area contributed by atoms with Gasteiger partial charge < -0.3 is 0 Å². The van der Waals surface area contributed by atoms with Gasteiger partial charge >= 0.3 is 0 Å². The minimum atomic E-state index is -0.350. The molecule has 0 heterocycles. The third-order valence-electron chi connectivity index (χ3n) is 7.27. The predicted octanol–water partition coefficient (Wildman–Crippen LogP) is 8.13. The van der Waals surface area contributed by atoms with Gasteiger partial charge in [-0.25, -0.2) is 0 Å². The molecule has 0 spiro atoms. The fourth-order valence-electron chi connectivity index (χ4n) is 5.95. The molecular formula is C32H26. The molecule has 0 radical (unpaired) electrons. The third-order valence-corrected chi connectivity index (χ3v) is 7.27. The second-order valence-electron chi connectivity index (χ2n) is 9.14. The second-order valence-corrected chi connectivity index (χ2v) is 9.14. The van der Waals surface area contributed by atoms with Gasteiger partial charge in [-0.15, -0.1) is 0 Å². The van der Waals surface area contributed by atoms with Crippen molar-refractivity contribution in [2.75, 3.05) is 0 Å². The molecule has 0 aliphatic heterocycles. The Bertz CT molecular complexity index is 1460. The minimum absolute atomic E-state index is 0.350. The van der Waals surface area contributed by atoms with Gasteiger partial charge in [-0.05, 0) is 76.1 Å². The van der Waals surface area contributed by atoms with Crippen molar-refractivity contribution in [2.45, 2.75) is 26.2 Å². The van der Waals surface area contributed by atoms with E-state index in [-0.39, 0.29) is 5.41 Å². The van der Waals surface area contributed by atoms with Crippen LogP contribution in [0.25, 0.3) is 21.9 Å². The van der Waals surface area contributed by atoms with Gasteiger partial charge in [0.25, 0.3) is 0 Å². The average molecular weight is 411 g/mol. The topological polar surface area (TPSA) is 0 Å². The van der Waals surface area contributed by atoms with Crippen LogP contribution in [0.1, 0.15) is 38.9 Å². The molecule has 0 saturated heterocycles. The van der Waals surface area contributed by atoms with Gasteiger partial charge in [0.2, 0.25) is 0 Å². The molecule has 32 heavy (non-hydrogen) atoms. The van der Waals surface area contributed by atoms with E-state index in [0.29, 0.717) is 0 Å². The lowest BCUT2D eigenvalue weighted by Gasteiger charge is -2.37. The molecular weight excluding hydrogens is 384 g/mol. The number of benzene rings is 5. The summed E-state index contributed by atoms with van der Waals surface area (Å²) in [6, 6.07) is 38.4. The maximum atomic E-state index is 2.34. The minimum Gasteiger partial charge on any atom is -0.0620 e. The van der Waals surface area contributed by atoms with Crippen LogP contribution in [0, 0.1) is 20.8 Å². The zero-order chi connectivity index (χ0) is 21.9. The van der Waals surface area contributed by atoms with Crippen LogP contribution in [0.15, 0.2) is 103 Å². The number of hydrogen-bond acceptors (Lipinski definition) is 0. The summed E-state index contributed by atoms with van der Waals surface area (Å²) in [5, 5.41) is 2.65. The fraction of sp³-hybridized carbons (Fsp3) is 0.125. The van der Waals surface area contributed by atoms with E-state index < -0.39 is 0 Å². The molecule has 0 atom stereocenters. The van der Waals surface area contributed by atoms with Crippen molar-refractivity contribution in [1.29, 1.82) is 0 Å². The highest BCUT2D eigenvalue weighted by Gasteiger charge is 2.48. The number of rotatable bonds is 2. The van der Waals surface area contributed by atoms with Gasteiger partial charge in [0.15, 0.2) is 0 Å². The highest BCUT2D eigenvalue weighted by molar-refractivity contribution is 6.00. The lowest BCUT2D eigenvalue weighted by Crippen LogP contribution is -2.30. The molecule has 1 aliphatic rings. The van der Waals surface area contributed by atoms with E-state index in [4.69, 9.17) is 0 Å². The standard InChI is InChI=1S/C32H26/c1-21-16-18-25-24(20-21)17-19-27-26-12-6-9-15-30(26)32(31(25)27,28-13-7-4-10-22(28)2)29-14-8-5-11-23(29)3/h4-20H,1-3H3. The Hall–Kier alpha value is -3.64. The second kappa shape index (κ2) is 6.93. The van der Waals surface area contributed by atoms with Crippen molar-refractivity contribution in [1.82, 2.24) is 0 Å². The van der Waals surface area contributed by atoms with E-state index in [0.717, 1.165) is 0 Å². The molecule has 5 aromatic carbocycles. The van der Waals surface area contributed by atoms with E-state index in [9.17, 15) is 0 Å². The lowest BCUT2D eigenvalue weighted by molar-refractivity contribution is 0.760. The summed E-state index contributed by atoms with van der Waals surface area (Å²) in [5.74, 6) is 0. The molecule has 0 nitrogen and oxygen atoms in total. The van der Waals surface area contributed by atoms with Gasteiger partial charge in [0, 0.05) is 0 Å². The Morgan fingerprint density at radius 3 is 1.75 bits per heavy atom. The molecule has 154 valence electrons. The Kier molecular flexibility index (Phi) is 4.13.